The van der Waals surface area contributed by atoms with Crippen molar-refractivity contribution in [2.75, 3.05) is 102 Å². The number of hydrogen-bond donors (Lipinski definition) is 6. The van der Waals surface area contributed by atoms with Gasteiger partial charge in [-0.1, -0.05) is 24.3 Å². The second-order valence-corrected chi connectivity index (χ2v) is 24.1. The highest BCUT2D eigenvalue weighted by molar-refractivity contribution is 7.13. The Morgan fingerprint density at radius 3 is 1.45 bits per heavy atom. The molecule has 0 atom stereocenters. The Kier molecular flexibility index (Phi) is 20.5. The van der Waals surface area contributed by atoms with E-state index in [1.54, 1.807) is 78.7 Å². The van der Waals surface area contributed by atoms with Gasteiger partial charge in [0.2, 0.25) is 0 Å². The number of aromatic carboxylic acids is 1. The number of nitrogens with two attached hydrogens (primary N) is 1. The van der Waals surface area contributed by atoms with Gasteiger partial charge in [-0.2, -0.15) is 0 Å². The summed E-state index contributed by atoms with van der Waals surface area (Å²) in [6, 6.07) is 41.5. The molecule has 0 bridgehead atoms. The Morgan fingerprint density at radius 2 is 0.964 bits per heavy atom. The zero-order valence-corrected chi connectivity index (χ0v) is 49.7. The van der Waals surface area contributed by atoms with E-state index in [0.29, 0.717) is 65.6 Å². The number of ether oxygens (including phenoxy) is 2. The Hall–Kier alpha value is -8.39. The zero-order valence-electron chi connectivity index (χ0n) is 48.0. The third-order valence-corrected chi connectivity index (χ3v) is 15.5. The van der Waals surface area contributed by atoms with Gasteiger partial charge in [0.05, 0.1) is 28.3 Å². The van der Waals surface area contributed by atoms with Crippen LogP contribution in [0.5, 0.6) is 0 Å². The van der Waals surface area contributed by atoms with Crippen molar-refractivity contribution in [3.05, 3.63) is 161 Å². The van der Waals surface area contributed by atoms with Crippen LogP contribution in [-0.4, -0.2) is 117 Å². The summed E-state index contributed by atoms with van der Waals surface area (Å²) in [6.45, 7) is 19.5. The van der Waals surface area contributed by atoms with E-state index in [1.165, 1.54) is 19.3 Å². The highest BCUT2D eigenvalue weighted by Gasteiger charge is 2.27. The van der Waals surface area contributed by atoms with Crippen molar-refractivity contribution in [3.63, 3.8) is 0 Å². The van der Waals surface area contributed by atoms with Crippen molar-refractivity contribution in [1.29, 1.82) is 0 Å². The average Bonchev–Trinajstić information content (AvgIpc) is 4.35. The van der Waals surface area contributed by atoms with Gasteiger partial charge in [-0.05, 0) is 192 Å². The maximum Gasteiger partial charge on any atom is 0.412 e. The molecule has 3 aliphatic heterocycles. The first-order chi connectivity index (χ1) is 39.7. The molecule has 3 saturated heterocycles. The number of rotatable bonds is 11. The predicted molar refractivity (Wildman–Crippen MR) is 337 cm³/mol. The first kappa shape index (κ1) is 60.7. The second kappa shape index (κ2) is 28.1. The first-order valence-corrected chi connectivity index (χ1v) is 29.7. The minimum absolute atomic E-state index is 0.156. The molecule has 3 fully saturated rings. The van der Waals surface area contributed by atoms with Crippen molar-refractivity contribution in [3.8, 4) is 20.9 Å². The lowest BCUT2D eigenvalue weighted by Crippen LogP contribution is -2.50. The topological polar surface area (TPSA) is 211 Å². The van der Waals surface area contributed by atoms with Crippen molar-refractivity contribution >= 4 is 92.5 Å². The van der Waals surface area contributed by atoms with Crippen molar-refractivity contribution < 1.29 is 38.6 Å². The number of carbonyl (C=O) groups excluding carboxylic acids is 4. The summed E-state index contributed by atoms with van der Waals surface area (Å²) in [7, 11) is 0. The molecule has 4 amide bonds. The lowest BCUT2D eigenvalue weighted by atomic mass is 10.1. The molecule has 10 rings (SSSR count). The van der Waals surface area contributed by atoms with E-state index in [2.05, 4.69) is 42.0 Å². The number of carboxylic acid groups (broad SMARTS) is 1. The average molecular weight is 1160 g/mol. The van der Waals surface area contributed by atoms with E-state index >= 15 is 0 Å². The molecule has 0 aliphatic carbocycles. The monoisotopic (exact) mass is 1160 g/mol. The maximum atomic E-state index is 13.3. The minimum Gasteiger partial charge on any atom is -0.478 e. The van der Waals surface area contributed by atoms with Crippen LogP contribution < -0.4 is 41.7 Å². The molecule has 7 N–H and O–H groups in total. The third-order valence-electron chi connectivity index (χ3n) is 13.7. The molecular weight excluding hydrogens is 1090 g/mol. The number of hydrogen-bond acceptors (Lipinski definition) is 14. The van der Waals surface area contributed by atoms with Crippen LogP contribution in [-0.2, 0) is 9.47 Å². The van der Waals surface area contributed by atoms with E-state index in [9.17, 15) is 24.0 Å². The van der Waals surface area contributed by atoms with E-state index < -0.39 is 23.3 Å². The Balaban J connectivity index is 0.000000182. The van der Waals surface area contributed by atoms with Gasteiger partial charge < -0.3 is 55.9 Å². The quantitative estimate of drug-likeness (QED) is 0.0667. The van der Waals surface area contributed by atoms with Crippen LogP contribution in [0.25, 0.3) is 20.9 Å². The highest BCUT2D eigenvalue weighted by atomic mass is 32.1. The van der Waals surface area contributed by atoms with Gasteiger partial charge >= 0.3 is 18.2 Å². The summed E-state index contributed by atoms with van der Waals surface area (Å²) < 4.78 is 10.9. The van der Waals surface area contributed by atoms with E-state index in [-0.39, 0.29) is 17.9 Å². The van der Waals surface area contributed by atoms with Crippen LogP contribution in [0.3, 0.4) is 0 Å². The maximum absolute atomic E-state index is 13.3. The molecule has 5 heterocycles. The SMILES string of the molecule is CC(C)(C)OC(=O)Nc1ccc(-c2cccs2)cc1NC(=O)c1ccc(N2CCN(C(=O)OC(C)(C)C)CC2)cc1.Nc1ccc(-c2cccs2)cc1NC(=O)c1ccc(N2CCNCC2)cc1.O=C(O)c1ccc(N2CCCCC2)cc1. The fourth-order valence-corrected chi connectivity index (χ4v) is 10.9. The molecule has 0 unspecified atom stereocenters. The van der Waals surface area contributed by atoms with Gasteiger partial charge in [0, 0.05) is 103 Å². The number of piperazine rings is 2. The fraction of sp³-hybridized carbons (Fsp3) is 0.328. The molecule has 436 valence electrons. The first-order valence-electron chi connectivity index (χ1n) is 28.0. The predicted octanol–water partition coefficient (Wildman–Crippen LogP) is 13.1. The summed E-state index contributed by atoms with van der Waals surface area (Å²) >= 11 is 3.25. The van der Waals surface area contributed by atoms with Crippen molar-refractivity contribution in [1.82, 2.24) is 10.2 Å². The molecule has 0 radical (unpaired) electrons. The Labute approximate surface area is 494 Å². The molecule has 2 aromatic heterocycles. The van der Waals surface area contributed by atoms with Gasteiger partial charge in [0.25, 0.3) is 11.8 Å². The molecule has 7 aromatic rings. The Bertz CT molecular complexity index is 3270. The summed E-state index contributed by atoms with van der Waals surface area (Å²) in [5.41, 5.74) is 13.7. The smallest absolute Gasteiger partial charge is 0.412 e. The largest absolute Gasteiger partial charge is 0.478 e. The normalized spacial score (nSPS) is 14.4. The summed E-state index contributed by atoms with van der Waals surface area (Å²) in [4.78, 5) is 72.2. The number of nitrogens with one attached hydrogen (secondary N) is 4. The van der Waals surface area contributed by atoms with Gasteiger partial charge in [0.15, 0.2) is 0 Å². The summed E-state index contributed by atoms with van der Waals surface area (Å²) in [5, 5.41) is 24.8. The molecule has 17 nitrogen and oxygen atoms in total. The third kappa shape index (κ3) is 17.8. The summed E-state index contributed by atoms with van der Waals surface area (Å²) in [5.74, 6) is -1.32. The van der Waals surface area contributed by atoms with Crippen LogP contribution in [0.15, 0.2) is 144 Å². The van der Waals surface area contributed by atoms with Gasteiger partial charge in [-0.15, -0.1) is 22.7 Å². The van der Waals surface area contributed by atoms with E-state index in [4.69, 9.17) is 20.3 Å². The standard InChI is InChI=1S/C31H38N4O5S.C21H22N4OS.C12H15NO2/c1-30(2,3)39-28(37)33-24-14-11-22(26-8-7-19-41-26)20-25(24)32-27(36)21-9-12-23(13-10-21)34-15-17-35(18-16-34)29(38)40-31(4,5)6;22-18-8-5-16(20-2-1-13-27-20)14-19(18)24-21(26)15-3-6-17(7-4-15)25-11-9-23-10-12-25;14-12(15)10-4-6-11(7-5-10)13-8-2-1-3-9-13/h7-14,19-20H,15-18H2,1-6H3,(H,32,36)(H,33,37);1-8,13-14,23H,9-12,22H2,(H,24,26);4-7H,1-3,8-9H2,(H,14,15). The lowest BCUT2D eigenvalue weighted by molar-refractivity contribution is 0.0240. The van der Waals surface area contributed by atoms with Crippen LogP contribution >= 0.6 is 22.7 Å². The Morgan fingerprint density at radius 1 is 0.506 bits per heavy atom. The number of carbonyl (C=O) groups is 5. The van der Waals surface area contributed by atoms with Crippen LogP contribution in [0.4, 0.5) is 49.4 Å². The number of amides is 4. The summed E-state index contributed by atoms with van der Waals surface area (Å²) in [6.07, 6.45) is 2.88. The number of benzene rings is 5. The minimum atomic E-state index is -0.861. The lowest BCUT2D eigenvalue weighted by Gasteiger charge is -2.36. The van der Waals surface area contributed by atoms with Crippen LogP contribution in [0, 0.1) is 0 Å². The van der Waals surface area contributed by atoms with Gasteiger partial charge in [-0.3, -0.25) is 14.9 Å². The fourth-order valence-electron chi connectivity index (χ4n) is 9.43. The number of carboxylic acids is 1. The van der Waals surface area contributed by atoms with Gasteiger partial charge in [0.1, 0.15) is 11.2 Å². The number of nitrogens with zero attached hydrogens (tertiary/aromatic N) is 4. The zero-order chi connectivity index (χ0) is 59.1. The van der Waals surface area contributed by atoms with E-state index in [0.717, 1.165) is 77.2 Å². The molecule has 83 heavy (non-hydrogen) atoms. The highest BCUT2D eigenvalue weighted by Crippen LogP contribution is 2.34. The van der Waals surface area contributed by atoms with Crippen molar-refractivity contribution in [2.24, 2.45) is 0 Å². The molecule has 3 aliphatic rings. The van der Waals surface area contributed by atoms with Gasteiger partial charge in [-0.25, -0.2) is 14.4 Å². The molecule has 0 saturated carbocycles. The molecular formula is C64H75N9O8S2. The number of nitrogen functional groups attached to an aromatic ring is 1. The van der Waals surface area contributed by atoms with Crippen LogP contribution in [0.2, 0.25) is 0 Å². The molecule has 0 spiro atoms. The molecule has 5 aromatic carbocycles. The van der Waals surface area contributed by atoms with E-state index in [1.807, 2.05) is 129 Å². The number of piperidine rings is 1. The van der Waals surface area contributed by atoms with Crippen molar-refractivity contribution in [2.45, 2.75) is 72.0 Å². The number of thiophene rings is 2. The van der Waals surface area contributed by atoms with Crippen LogP contribution in [0.1, 0.15) is 91.9 Å². The number of anilines is 7. The second-order valence-electron chi connectivity index (χ2n) is 22.2. The molecule has 19 heteroatoms.